The van der Waals surface area contributed by atoms with E-state index in [0.29, 0.717) is 0 Å². The van der Waals surface area contributed by atoms with E-state index in [1.54, 1.807) is 14.2 Å². The number of ether oxygens (including phenoxy) is 2. The monoisotopic (exact) mass is 326 g/mol. The molecule has 0 unspecified atom stereocenters. The van der Waals surface area contributed by atoms with Crippen LogP contribution in [0.5, 0.6) is 11.5 Å². The largest absolute Gasteiger partial charge is 0.497 e. The van der Waals surface area contributed by atoms with Gasteiger partial charge in [0.05, 0.1) is 14.2 Å². The average molecular weight is 326 g/mol. The molecule has 24 heavy (non-hydrogen) atoms. The van der Waals surface area contributed by atoms with E-state index < -0.39 is 0 Å². The number of benzene rings is 2. The highest BCUT2D eigenvalue weighted by Gasteiger charge is 2.19. The SMILES string of the molecule is COc1ccc(CN2CCN(c3ccccc3C)CC2)c(OC)c1. The summed E-state index contributed by atoms with van der Waals surface area (Å²) < 4.78 is 10.8. The number of piperazine rings is 1. The predicted octanol–water partition coefficient (Wildman–Crippen LogP) is 3.33. The van der Waals surface area contributed by atoms with E-state index >= 15 is 0 Å². The number of anilines is 1. The first-order chi connectivity index (χ1) is 11.7. The van der Waals surface area contributed by atoms with Crippen LogP contribution in [0.3, 0.4) is 0 Å². The fourth-order valence-electron chi connectivity index (χ4n) is 3.29. The number of hydrogen-bond donors (Lipinski definition) is 0. The highest BCUT2D eigenvalue weighted by Crippen LogP contribution is 2.27. The Labute approximate surface area is 144 Å². The summed E-state index contributed by atoms with van der Waals surface area (Å²) in [5.74, 6) is 1.73. The normalized spacial score (nSPS) is 15.4. The van der Waals surface area contributed by atoms with Crippen molar-refractivity contribution in [1.29, 1.82) is 0 Å². The van der Waals surface area contributed by atoms with Gasteiger partial charge < -0.3 is 14.4 Å². The molecule has 1 aliphatic rings. The number of rotatable bonds is 5. The maximum Gasteiger partial charge on any atom is 0.127 e. The lowest BCUT2D eigenvalue weighted by Crippen LogP contribution is -2.46. The van der Waals surface area contributed by atoms with E-state index in [1.807, 2.05) is 12.1 Å². The number of methoxy groups -OCH3 is 2. The molecule has 1 aliphatic heterocycles. The minimum Gasteiger partial charge on any atom is -0.497 e. The van der Waals surface area contributed by atoms with Gasteiger partial charge in [-0.25, -0.2) is 0 Å². The summed E-state index contributed by atoms with van der Waals surface area (Å²) in [6, 6.07) is 14.7. The number of aryl methyl sites for hydroxylation is 1. The fraction of sp³-hybridized carbons (Fsp3) is 0.400. The van der Waals surface area contributed by atoms with Gasteiger partial charge in [0.1, 0.15) is 11.5 Å². The van der Waals surface area contributed by atoms with Gasteiger partial charge >= 0.3 is 0 Å². The molecule has 128 valence electrons. The van der Waals surface area contributed by atoms with Crippen molar-refractivity contribution in [1.82, 2.24) is 4.90 Å². The van der Waals surface area contributed by atoms with Gasteiger partial charge in [0.25, 0.3) is 0 Å². The zero-order valence-electron chi connectivity index (χ0n) is 14.8. The second-order valence-electron chi connectivity index (χ2n) is 6.23. The predicted molar refractivity (Wildman–Crippen MR) is 98.2 cm³/mol. The van der Waals surface area contributed by atoms with Crippen LogP contribution in [0.15, 0.2) is 42.5 Å². The molecule has 0 radical (unpaired) electrons. The highest BCUT2D eigenvalue weighted by atomic mass is 16.5. The third-order valence-electron chi connectivity index (χ3n) is 4.72. The van der Waals surface area contributed by atoms with Gasteiger partial charge in [-0.1, -0.05) is 24.3 Å². The van der Waals surface area contributed by atoms with Crippen molar-refractivity contribution in [3.8, 4) is 11.5 Å². The molecule has 0 saturated carbocycles. The maximum atomic E-state index is 5.52. The average Bonchev–Trinajstić information content (AvgIpc) is 2.63. The topological polar surface area (TPSA) is 24.9 Å². The first-order valence-corrected chi connectivity index (χ1v) is 8.45. The Morgan fingerprint density at radius 2 is 1.67 bits per heavy atom. The molecule has 1 saturated heterocycles. The molecule has 0 N–H and O–H groups in total. The summed E-state index contributed by atoms with van der Waals surface area (Å²) in [4.78, 5) is 4.97. The van der Waals surface area contributed by atoms with Crippen LogP contribution in [0.1, 0.15) is 11.1 Å². The van der Waals surface area contributed by atoms with Crippen LogP contribution in [-0.4, -0.2) is 45.3 Å². The molecular weight excluding hydrogens is 300 g/mol. The highest BCUT2D eigenvalue weighted by molar-refractivity contribution is 5.53. The van der Waals surface area contributed by atoms with Crippen LogP contribution in [0.25, 0.3) is 0 Å². The zero-order chi connectivity index (χ0) is 16.9. The zero-order valence-corrected chi connectivity index (χ0v) is 14.8. The Kier molecular flexibility index (Phi) is 5.26. The summed E-state index contributed by atoms with van der Waals surface area (Å²) in [5.41, 5.74) is 3.92. The van der Waals surface area contributed by atoms with E-state index in [9.17, 15) is 0 Å². The molecule has 0 spiro atoms. The molecule has 2 aromatic rings. The second kappa shape index (κ2) is 7.58. The summed E-state index contributed by atoms with van der Waals surface area (Å²) >= 11 is 0. The van der Waals surface area contributed by atoms with Crippen molar-refractivity contribution in [3.63, 3.8) is 0 Å². The van der Waals surface area contributed by atoms with Crippen LogP contribution < -0.4 is 14.4 Å². The van der Waals surface area contributed by atoms with Crippen LogP contribution in [0.2, 0.25) is 0 Å². The third-order valence-corrected chi connectivity index (χ3v) is 4.72. The number of nitrogens with zero attached hydrogens (tertiary/aromatic N) is 2. The van der Waals surface area contributed by atoms with Gasteiger partial charge in [0.15, 0.2) is 0 Å². The van der Waals surface area contributed by atoms with E-state index in [1.165, 1.54) is 16.8 Å². The molecule has 4 heteroatoms. The summed E-state index contributed by atoms with van der Waals surface area (Å²) in [7, 11) is 3.40. The first kappa shape index (κ1) is 16.7. The molecule has 0 bridgehead atoms. The maximum absolute atomic E-state index is 5.52. The Balaban J connectivity index is 1.63. The summed E-state index contributed by atoms with van der Waals surface area (Å²) in [6.45, 7) is 7.33. The molecule has 4 nitrogen and oxygen atoms in total. The smallest absolute Gasteiger partial charge is 0.127 e. The van der Waals surface area contributed by atoms with Crippen LogP contribution >= 0.6 is 0 Å². The van der Waals surface area contributed by atoms with Crippen molar-refractivity contribution in [2.24, 2.45) is 0 Å². The first-order valence-electron chi connectivity index (χ1n) is 8.45. The van der Waals surface area contributed by atoms with Crippen molar-refractivity contribution >= 4 is 5.69 Å². The number of hydrogen-bond acceptors (Lipinski definition) is 4. The molecule has 0 atom stereocenters. The lowest BCUT2D eigenvalue weighted by molar-refractivity contribution is 0.246. The van der Waals surface area contributed by atoms with Gasteiger partial charge in [-0.05, 0) is 24.6 Å². The number of para-hydroxylation sites is 1. The van der Waals surface area contributed by atoms with Crippen LogP contribution in [-0.2, 0) is 6.54 Å². The van der Waals surface area contributed by atoms with Gasteiger partial charge in [-0.2, -0.15) is 0 Å². The van der Waals surface area contributed by atoms with E-state index in [-0.39, 0.29) is 0 Å². The van der Waals surface area contributed by atoms with Gasteiger partial charge in [-0.3, -0.25) is 4.90 Å². The summed E-state index contributed by atoms with van der Waals surface area (Å²) in [6.07, 6.45) is 0. The van der Waals surface area contributed by atoms with Gasteiger partial charge in [-0.15, -0.1) is 0 Å². The van der Waals surface area contributed by atoms with Crippen molar-refractivity contribution < 1.29 is 9.47 Å². The lowest BCUT2D eigenvalue weighted by atomic mass is 10.1. The van der Waals surface area contributed by atoms with Crippen LogP contribution in [0.4, 0.5) is 5.69 Å². The van der Waals surface area contributed by atoms with Crippen LogP contribution in [0, 0.1) is 6.92 Å². The third kappa shape index (κ3) is 3.65. The van der Waals surface area contributed by atoms with E-state index in [2.05, 4.69) is 47.1 Å². The molecule has 0 aliphatic carbocycles. The van der Waals surface area contributed by atoms with Crippen molar-refractivity contribution in [2.45, 2.75) is 13.5 Å². The van der Waals surface area contributed by atoms with Crippen molar-refractivity contribution in [3.05, 3.63) is 53.6 Å². The fourth-order valence-corrected chi connectivity index (χ4v) is 3.29. The minimum atomic E-state index is 0.833. The second-order valence-corrected chi connectivity index (χ2v) is 6.23. The lowest BCUT2D eigenvalue weighted by Gasteiger charge is -2.37. The molecular formula is C20H26N2O2. The molecule has 0 aromatic heterocycles. The Morgan fingerprint density at radius 3 is 2.33 bits per heavy atom. The molecule has 2 aromatic carbocycles. The standard InChI is InChI=1S/C20H26N2O2/c1-16-6-4-5-7-19(16)22-12-10-21(11-13-22)15-17-8-9-18(23-2)14-20(17)24-3/h4-9,14H,10-13,15H2,1-3H3. The van der Waals surface area contributed by atoms with Crippen molar-refractivity contribution in [2.75, 3.05) is 45.3 Å². The van der Waals surface area contributed by atoms with Gasteiger partial charge in [0.2, 0.25) is 0 Å². The summed E-state index contributed by atoms with van der Waals surface area (Å²) in [5, 5.41) is 0. The quantitative estimate of drug-likeness (QED) is 0.841. The van der Waals surface area contributed by atoms with E-state index in [4.69, 9.17) is 9.47 Å². The molecule has 3 rings (SSSR count). The minimum absolute atomic E-state index is 0.833. The van der Waals surface area contributed by atoms with E-state index in [0.717, 1.165) is 44.2 Å². The Hall–Kier alpha value is -2.20. The molecule has 1 heterocycles. The molecule has 1 fully saturated rings. The Morgan fingerprint density at radius 1 is 0.917 bits per heavy atom. The van der Waals surface area contributed by atoms with Gasteiger partial charge in [0, 0.05) is 50.0 Å². The molecule has 0 amide bonds. The Bertz CT molecular complexity index is 679.